The van der Waals surface area contributed by atoms with Crippen molar-refractivity contribution in [2.75, 3.05) is 20.2 Å². The van der Waals surface area contributed by atoms with Gasteiger partial charge < -0.3 is 14.9 Å². The second-order valence-corrected chi connectivity index (χ2v) is 10.7. The van der Waals surface area contributed by atoms with Gasteiger partial charge in [-0.25, -0.2) is 0 Å². The highest BCUT2D eigenvalue weighted by Gasteiger charge is 2.69. The zero-order valence-corrected chi connectivity index (χ0v) is 18.1. The molecule has 0 aromatic heterocycles. The van der Waals surface area contributed by atoms with Crippen molar-refractivity contribution in [3.63, 3.8) is 0 Å². The predicted octanol–water partition coefficient (Wildman–Crippen LogP) is 1.85. The number of ether oxygens (including phenoxy) is 1. The summed E-state index contributed by atoms with van der Waals surface area (Å²) in [6, 6.07) is 0. The Labute approximate surface area is 178 Å². The second-order valence-electron chi connectivity index (χ2n) is 10.7. The third kappa shape index (κ3) is 2.51. The van der Waals surface area contributed by atoms with E-state index in [1.807, 2.05) is 24.9 Å². The van der Waals surface area contributed by atoms with E-state index in [0.29, 0.717) is 26.0 Å². The molecule has 0 radical (unpaired) electrons. The van der Waals surface area contributed by atoms with Gasteiger partial charge in [-0.3, -0.25) is 14.5 Å². The minimum Gasteiger partial charge on any atom is -0.393 e. The lowest BCUT2D eigenvalue weighted by atomic mass is 9.46. The average Bonchev–Trinajstić information content (AvgIpc) is 3.23. The van der Waals surface area contributed by atoms with Crippen LogP contribution in [-0.4, -0.2) is 64.8 Å². The highest BCUT2D eigenvalue weighted by molar-refractivity contribution is 6.01. The fourth-order valence-corrected chi connectivity index (χ4v) is 7.77. The molecule has 4 aliphatic carbocycles. The van der Waals surface area contributed by atoms with Gasteiger partial charge in [0.25, 0.3) is 0 Å². The summed E-state index contributed by atoms with van der Waals surface area (Å²) < 4.78 is 5.66. The SMILES string of the molecule is CN1CCO[C@@H]1C(=O)[C@@]1(O)CC[C@H]2[C@@H]3CCC4=CC(=O)C=C[C@]4(C)[C@H]3[C@H](O)C[C@@]21C. The third-order valence-corrected chi connectivity index (χ3v) is 9.40. The molecule has 6 nitrogen and oxygen atoms in total. The smallest absolute Gasteiger partial charge is 0.208 e. The summed E-state index contributed by atoms with van der Waals surface area (Å²) in [5, 5.41) is 23.2. The molecule has 1 saturated heterocycles. The van der Waals surface area contributed by atoms with E-state index in [-0.39, 0.29) is 34.7 Å². The maximum atomic E-state index is 13.5. The summed E-state index contributed by atoms with van der Waals surface area (Å²) in [6.07, 6.45) is 7.33. The van der Waals surface area contributed by atoms with Crippen LogP contribution in [0.2, 0.25) is 0 Å². The van der Waals surface area contributed by atoms with E-state index in [0.717, 1.165) is 24.8 Å². The van der Waals surface area contributed by atoms with Gasteiger partial charge in [-0.15, -0.1) is 0 Å². The summed E-state index contributed by atoms with van der Waals surface area (Å²) in [6.45, 7) is 5.32. The van der Waals surface area contributed by atoms with Gasteiger partial charge in [-0.1, -0.05) is 25.5 Å². The number of allylic oxidation sites excluding steroid dienone is 4. The average molecular weight is 416 g/mol. The Bertz CT molecular complexity index is 851. The van der Waals surface area contributed by atoms with Crippen LogP contribution in [0.4, 0.5) is 0 Å². The van der Waals surface area contributed by atoms with E-state index in [9.17, 15) is 19.8 Å². The molecule has 6 heteroatoms. The minimum atomic E-state index is -1.48. The van der Waals surface area contributed by atoms with Gasteiger partial charge in [-0.05, 0) is 63.1 Å². The van der Waals surface area contributed by atoms with Crippen LogP contribution in [-0.2, 0) is 14.3 Å². The Balaban J connectivity index is 1.50. The summed E-state index contributed by atoms with van der Waals surface area (Å²) >= 11 is 0. The molecule has 164 valence electrons. The number of carbonyl (C=O) groups is 2. The number of hydrogen-bond acceptors (Lipinski definition) is 6. The first-order chi connectivity index (χ1) is 14.1. The minimum absolute atomic E-state index is 0.00258. The van der Waals surface area contributed by atoms with Gasteiger partial charge in [0, 0.05) is 23.3 Å². The quantitative estimate of drug-likeness (QED) is 0.716. The van der Waals surface area contributed by atoms with Gasteiger partial charge in [-0.2, -0.15) is 0 Å². The van der Waals surface area contributed by atoms with E-state index in [2.05, 4.69) is 6.92 Å². The van der Waals surface area contributed by atoms with Gasteiger partial charge in [0.2, 0.25) is 5.78 Å². The van der Waals surface area contributed by atoms with Crippen molar-refractivity contribution in [3.8, 4) is 0 Å². The molecule has 2 N–H and O–H groups in total. The number of aliphatic hydroxyl groups excluding tert-OH is 1. The molecule has 0 amide bonds. The largest absolute Gasteiger partial charge is 0.393 e. The van der Waals surface area contributed by atoms with E-state index in [1.165, 1.54) is 0 Å². The van der Waals surface area contributed by atoms with Crippen molar-refractivity contribution in [2.45, 2.75) is 63.9 Å². The summed E-state index contributed by atoms with van der Waals surface area (Å²) in [5.41, 5.74) is -1.38. The molecular weight excluding hydrogens is 382 g/mol. The number of hydrogen-bond donors (Lipinski definition) is 2. The third-order valence-electron chi connectivity index (χ3n) is 9.40. The fourth-order valence-electron chi connectivity index (χ4n) is 7.77. The highest BCUT2D eigenvalue weighted by Crippen LogP contribution is 2.67. The van der Waals surface area contributed by atoms with Crippen LogP contribution >= 0.6 is 0 Å². The normalized spacial score (nSPS) is 50.6. The highest BCUT2D eigenvalue weighted by atomic mass is 16.5. The van der Waals surface area contributed by atoms with E-state index < -0.39 is 23.3 Å². The lowest BCUT2D eigenvalue weighted by molar-refractivity contribution is -0.186. The molecule has 5 rings (SSSR count). The van der Waals surface area contributed by atoms with Crippen LogP contribution in [0, 0.1) is 28.6 Å². The zero-order chi connectivity index (χ0) is 21.5. The molecule has 8 atom stereocenters. The molecule has 0 aromatic carbocycles. The standard InChI is InChI=1S/C24H33NO5/c1-22-8-6-15(26)12-14(22)4-5-16-17-7-9-24(29,20(28)21-25(3)10-11-30-21)23(17,2)13-18(27)19(16)22/h6,8,12,16-19,21,27,29H,4-5,7,9-11,13H2,1-3H3/t16-,17-,18+,19+,21+,22-,23-,24-/m0/s1. The number of ketones is 2. The molecule has 0 spiro atoms. The van der Waals surface area contributed by atoms with Crippen LogP contribution < -0.4 is 0 Å². The van der Waals surface area contributed by atoms with Crippen LogP contribution in [0.1, 0.15) is 46.0 Å². The maximum Gasteiger partial charge on any atom is 0.208 e. The Hall–Kier alpha value is -1.34. The van der Waals surface area contributed by atoms with Crippen molar-refractivity contribution in [2.24, 2.45) is 28.6 Å². The maximum absolute atomic E-state index is 13.5. The number of likely N-dealkylation sites (N-methyl/N-ethyl adjacent to an activating group) is 1. The van der Waals surface area contributed by atoms with Crippen molar-refractivity contribution in [1.29, 1.82) is 0 Å². The predicted molar refractivity (Wildman–Crippen MR) is 110 cm³/mol. The van der Waals surface area contributed by atoms with E-state index in [4.69, 9.17) is 4.74 Å². The summed E-state index contributed by atoms with van der Waals surface area (Å²) in [5.74, 6) is 0.156. The topological polar surface area (TPSA) is 87.1 Å². The number of carbonyl (C=O) groups excluding carboxylic acids is 2. The molecular formula is C24H33NO5. The van der Waals surface area contributed by atoms with Crippen LogP contribution in [0.3, 0.4) is 0 Å². The monoisotopic (exact) mass is 415 g/mol. The lowest BCUT2D eigenvalue weighted by Crippen LogP contribution is -2.63. The van der Waals surface area contributed by atoms with Gasteiger partial charge >= 0.3 is 0 Å². The van der Waals surface area contributed by atoms with Crippen molar-refractivity contribution >= 4 is 11.6 Å². The summed E-state index contributed by atoms with van der Waals surface area (Å²) in [4.78, 5) is 27.3. The Morgan fingerprint density at radius 2 is 2.07 bits per heavy atom. The first-order valence-corrected chi connectivity index (χ1v) is 11.3. The van der Waals surface area contributed by atoms with Crippen LogP contribution in [0.25, 0.3) is 0 Å². The number of nitrogens with zero attached hydrogens (tertiary/aromatic N) is 1. The zero-order valence-electron chi connectivity index (χ0n) is 18.1. The van der Waals surface area contributed by atoms with Crippen molar-refractivity contribution < 1.29 is 24.5 Å². The molecule has 4 fully saturated rings. The Morgan fingerprint density at radius 3 is 2.77 bits per heavy atom. The van der Waals surface area contributed by atoms with E-state index >= 15 is 0 Å². The van der Waals surface area contributed by atoms with Gasteiger partial charge in [0.1, 0.15) is 5.60 Å². The number of Topliss-reactive ketones (excluding diaryl/α,β-unsaturated/α-hetero) is 1. The number of aliphatic hydroxyl groups is 2. The summed E-state index contributed by atoms with van der Waals surface area (Å²) in [7, 11) is 1.85. The van der Waals surface area contributed by atoms with E-state index in [1.54, 1.807) is 12.2 Å². The molecule has 5 aliphatic rings. The Kier molecular flexibility index (Phi) is 4.51. The van der Waals surface area contributed by atoms with Gasteiger partial charge in [0.05, 0.1) is 12.7 Å². The molecule has 3 saturated carbocycles. The number of rotatable bonds is 2. The molecule has 1 aliphatic heterocycles. The molecule has 1 heterocycles. The molecule has 0 bridgehead atoms. The van der Waals surface area contributed by atoms with Crippen molar-refractivity contribution in [1.82, 2.24) is 4.90 Å². The molecule has 30 heavy (non-hydrogen) atoms. The molecule has 0 unspecified atom stereocenters. The Morgan fingerprint density at radius 1 is 1.30 bits per heavy atom. The first-order valence-electron chi connectivity index (χ1n) is 11.3. The van der Waals surface area contributed by atoms with Crippen molar-refractivity contribution in [3.05, 3.63) is 23.8 Å². The molecule has 0 aromatic rings. The second kappa shape index (κ2) is 6.58. The lowest BCUT2D eigenvalue weighted by Gasteiger charge is -2.59. The number of fused-ring (bicyclic) bond motifs is 5. The van der Waals surface area contributed by atoms with Crippen LogP contribution in [0.15, 0.2) is 23.8 Å². The van der Waals surface area contributed by atoms with Crippen LogP contribution in [0.5, 0.6) is 0 Å². The first kappa shape index (κ1) is 20.6. The van der Waals surface area contributed by atoms with Gasteiger partial charge in [0.15, 0.2) is 12.0 Å². The fraction of sp³-hybridized carbons (Fsp3) is 0.750.